The molecule has 0 saturated heterocycles. The van der Waals surface area contributed by atoms with E-state index < -0.39 is 0 Å². The molecule has 0 bridgehead atoms. The summed E-state index contributed by atoms with van der Waals surface area (Å²) in [6.45, 7) is 0. The highest BCUT2D eigenvalue weighted by Crippen LogP contribution is 2.28. The number of nitrogen functional groups attached to an aromatic ring is 1. The van der Waals surface area contributed by atoms with Gasteiger partial charge in [0.2, 0.25) is 5.16 Å². The highest BCUT2D eigenvalue weighted by molar-refractivity contribution is 7.98. The van der Waals surface area contributed by atoms with Gasteiger partial charge in [0.1, 0.15) is 0 Å². The lowest BCUT2D eigenvalue weighted by Gasteiger charge is -2.05. The Bertz CT molecular complexity index is 941. The minimum Gasteiger partial charge on any atom is -0.335 e. The zero-order valence-corrected chi connectivity index (χ0v) is 13.7. The quantitative estimate of drug-likeness (QED) is 0.455. The van der Waals surface area contributed by atoms with E-state index in [9.17, 15) is 0 Å². The Morgan fingerprint density at radius 3 is 2.87 bits per heavy atom. The topological polar surface area (TPSA) is 69.6 Å². The van der Waals surface area contributed by atoms with Gasteiger partial charge in [-0.25, -0.2) is 4.68 Å². The van der Waals surface area contributed by atoms with Crippen LogP contribution in [0, 0.1) is 0 Å². The van der Waals surface area contributed by atoms with Crippen LogP contribution in [0.3, 0.4) is 0 Å². The molecule has 0 saturated carbocycles. The maximum atomic E-state index is 6.13. The number of para-hydroxylation sites is 1. The number of thioether (sulfide) groups is 1. The van der Waals surface area contributed by atoms with E-state index in [-0.39, 0.29) is 0 Å². The first kappa shape index (κ1) is 14.2. The number of aromatic nitrogens is 4. The molecule has 23 heavy (non-hydrogen) atoms. The number of thiophene rings is 1. The second-order valence-corrected chi connectivity index (χ2v) is 6.82. The van der Waals surface area contributed by atoms with Gasteiger partial charge in [0.05, 0.1) is 10.4 Å². The van der Waals surface area contributed by atoms with Crippen LogP contribution in [0.2, 0.25) is 0 Å². The molecule has 2 N–H and O–H groups in total. The van der Waals surface area contributed by atoms with E-state index in [0.29, 0.717) is 11.0 Å². The Balaban J connectivity index is 1.60. The highest BCUT2D eigenvalue weighted by Gasteiger charge is 2.13. The smallest absolute Gasteiger partial charge is 0.210 e. The van der Waals surface area contributed by atoms with Crippen LogP contribution < -0.4 is 5.84 Å². The maximum Gasteiger partial charge on any atom is 0.210 e. The van der Waals surface area contributed by atoms with Crippen LogP contribution in [-0.4, -0.2) is 19.9 Å². The van der Waals surface area contributed by atoms with E-state index in [1.54, 1.807) is 27.8 Å². The van der Waals surface area contributed by atoms with Gasteiger partial charge in [0.15, 0.2) is 5.82 Å². The molecule has 4 aromatic rings. The van der Waals surface area contributed by atoms with E-state index in [0.717, 1.165) is 27.1 Å². The van der Waals surface area contributed by atoms with Crippen LogP contribution in [0.15, 0.2) is 59.2 Å². The molecule has 7 heteroatoms. The summed E-state index contributed by atoms with van der Waals surface area (Å²) in [5.74, 6) is 7.57. The number of hydrogen-bond acceptors (Lipinski definition) is 6. The van der Waals surface area contributed by atoms with Crippen molar-refractivity contribution in [1.29, 1.82) is 0 Å². The number of benzene rings is 1. The molecule has 0 spiro atoms. The molecular weight excluding hydrogens is 326 g/mol. The van der Waals surface area contributed by atoms with E-state index in [1.165, 1.54) is 0 Å². The van der Waals surface area contributed by atoms with E-state index in [1.807, 2.05) is 35.8 Å². The highest BCUT2D eigenvalue weighted by atomic mass is 32.2. The van der Waals surface area contributed by atoms with Gasteiger partial charge >= 0.3 is 0 Å². The van der Waals surface area contributed by atoms with Crippen LogP contribution in [-0.2, 0) is 5.75 Å². The van der Waals surface area contributed by atoms with Crippen molar-refractivity contribution in [2.45, 2.75) is 10.9 Å². The molecule has 114 valence electrons. The van der Waals surface area contributed by atoms with Crippen LogP contribution >= 0.6 is 23.1 Å². The Morgan fingerprint density at radius 2 is 2.00 bits per heavy atom. The number of rotatable bonds is 4. The van der Waals surface area contributed by atoms with Crippen molar-refractivity contribution in [1.82, 2.24) is 19.9 Å². The lowest BCUT2D eigenvalue weighted by atomic mass is 10.1. The first-order valence-electron chi connectivity index (χ1n) is 7.03. The summed E-state index contributed by atoms with van der Waals surface area (Å²) in [6.07, 6.45) is 1.82. The summed E-state index contributed by atoms with van der Waals surface area (Å²) in [6, 6.07) is 14.2. The fourth-order valence-electron chi connectivity index (χ4n) is 2.38. The van der Waals surface area contributed by atoms with Crippen LogP contribution in [0.5, 0.6) is 0 Å². The van der Waals surface area contributed by atoms with Gasteiger partial charge in [-0.2, -0.15) is 0 Å². The number of fused-ring (bicyclic) bond motifs is 1. The van der Waals surface area contributed by atoms with Gasteiger partial charge in [-0.15, -0.1) is 21.5 Å². The molecule has 0 atom stereocenters. The molecule has 1 aromatic carbocycles. The van der Waals surface area contributed by atoms with Gasteiger partial charge < -0.3 is 5.84 Å². The Morgan fingerprint density at radius 1 is 1.09 bits per heavy atom. The van der Waals surface area contributed by atoms with Crippen molar-refractivity contribution >= 4 is 34.0 Å². The largest absolute Gasteiger partial charge is 0.335 e. The third-order valence-electron chi connectivity index (χ3n) is 3.48. The predicted molar refractivity (Wildman–Crippen MR) is 94.8 cm³/mol. The van der Waals surface area contributed by atoms with Crippen molar-refractivity contribution in [3.05, 3.63) is 59.6 Å². The van der Waals surface area contributed by atoms with Crippen LogP contribution in [0.25, 0.3) is 21.6 Å². The van der Waals surface area contributed by atoms with E-state index >= 15 is 0 Å². The SMILES string of the molecule is Nn1c(SCc2cccc3cccnc23)nnc1-c1cccs1. The van der Waals surface area contributed by atoms with Crippen molar-refractivity contribution in [3.63, 3.8) is 0 Å². The first-order valence-corrected chi connectivity index (χ1v) is 8.89. The summed E-state index contributed by atoms with van der Waals surface area (Å²) in [5, 5.41) is 12.2. The van der Waals surface area contributed by atoms with Crippen molar-refractivity contribution in [3.8, 4) is 10.7 Å². The molecule has 0 aliphatic heterocycles. The fraction of sp³-hybridized carbons (Fsp3) is 0.0625. The van der Waals surface area contributed by atoms with Gasteiger partial charge in [0.25, 0.3) is 0 Å². The third-order valence-corrected chi connectivity index (χ3v) is 5.34. The normalized spacial score (nSPS) is 11.1. The number of nitrogens with two attached hydrogens (primary N) is 1. The van der Waals surface area contributed by atoms with Crippen molar-refractivity contribution < 1.29 is 0 Å². The third kappa shape index (κ3) is 2.69. The monoisotopic (exact) mass is 339 g/mol. The lowest BCUT2D eigenvalue weighted by molar-refractivity contribution is 0.850. The number of hydrogen-bond donors (Lipinski definition) is 1. The van der Waals surface area contributed by atoms with E-state index in [2.05, 4.69) is 33.4 Å². The lowest BCUT2D eigenvalue weighted by Crippen LogP contribution is -2.11. The molecular formula is C16H13N5S2. The Labute approximate surface area is 141 Å². The van der Waals surface area contributed by atoms with Gasteiger partial charge in [-0.3, -0.25) is 4.98 Å². The molecule has 0 fully saturated rings. The molecule has 0 aliphatic rings. The average Bonchev–Trinajstić information content (AvgIpc) is 3.23. The second-order valence-electron chi connectivity index (χ2n) is 4.93. The minimum absolute atomic E-state index is 0.693. The standard InChI is InChI=1S/C16H13N5S2/c17-21-15(13-7-3-9-22-13)19-20-16(21)23-10-12-5-1-4-11-6-2-8-18-14(11)12/h1-9H,10,17H2. The molecule has 0 radical (unpaired) electrons. The Kier molecular flexibility index (Phi) is 3.72. The molecule has 5 nitrogen and oxygen atoms in total. The first-order chi connectivity index (χ1) is 11.3. The number of nitrogens with zero attached hydrogens (tertiary/aromatic N) is 4. The zero-order valence-electron chi connectivity index (χ0n) is 12.1. The van der Waals surface area contributed by atoms with Crippen LogP contribution in [0.1, 0.15) is 5.56 Å². The summed E-state index contributed by atoms with van der Waals surface area (Å²) >= 11 is 3.16. The van der Waals surface area contributed by atoms with Gasteiger partial charge in [-0.05, 0) is 23.1 Å². The van der Waals surface area contributed by atoms with E-state index in [4.69, 9.17) is 5.84 Å². The molecule has 0 amide bonds. The number of pyridine rings is 1. The Hall–Kier alpha value is -2.38. The van der Waals surface area contributed by atoms with Gasteiger partial charge in [-0.1, -0.05) is 42.1 Å². The summed E-state index contributed by atoms with van der Waals surface area (Å²) in [5.41, 5.74) is 2.18. The molecule has 0 aliphatic carbocycles. The van der Waals surface area contributed by atoms with Gasteiger partial charge in [0, 0.05) is 17.3 Å². The van der Waals surface area contributed by atoms with Crippen molar-refractivity contribution in [2.75, 3.05) is 5.84 Å². The molecule has 0 unspecified atom stereocenters. The summed E-state index contributed by atoms with van der Waals surface area (Å²) in [7, 11) is 0. The molecule has 4 rings (SSSR count). The average molecular weight is 339 g/mol. The minimum atomic E-state index is 0.693. The zero-order chi connectivity index (χ0) is 15.6. The van der Waals surface area contributed by atoms with Crippen LogP contribution in [0.4, 0.5) is 0 Å². The predicted octanol–water partition coefficient (Wildman–Crippen LogP) is 3.56. The maximum absolute atomic E-state index is 6.13. The summed E-state index contributed by atoms with van der Waals surface area (Å²) < 4.78 is 1.55. The van der Waals surface area contributed by atoms with Crippen molar-refractivity contribution in [2.24, 2.45) is 0 Å². The summed E-state index contributed by atoms with van der Waals surface area (Å²) in [4.78, 5) is 5.49. The second kappa shape index (κ2) is 6.02. The fourth-order valence-corrected chi connectivity index (χ4v) is 3.92. The molecule has 3 heterocycles. The molecule has 3 aromatic heterocycles.